The van der Waals surface area contributed by atoms with E-state index >= 15 is 0 Å². The lowest BCUT2D eigenvalue weighted by Gasteiger charge is -2.17. The molecule has 2 saturated carbocycles. The smallest absolute Gasteiger partial charge is 0.369 e. The first-order chi connectivity index (χ1) is 14.6. The zero-order valence-electron chi connectivity index (χ0n) is 16.5. The van der Waals surface area contributed by atoms with Gasteiger partial charge in [-0.15, -0.1) is 22.0 Å². The van der Waals surface area contributed by atoms with Crippen LogP contribution >= 0.6 is 11.8 Å². The number of carbonyl (C=O) groups is 2. The Morgan fingerprint density at radius 1 is 1.26 bits per heavy atom. The monoisotopic (exact) mass is 448 g/mol. The van der Waals surface area contributed by atoms with E-state index in [2.05, 4.69) is 25.8 Å². The van der Waals surface area contributed by atoms with E-state index in [0.29, 0.717) is 22.4 Å². The van der Waals surface area contributed by atoms with Crippen molar-refractivity contribution in [2.24, 2.45) is 11.3 Å². The van der Waals surface area contributed by atoms with Gasteiger partial charge in [0.1, 0.15) is 11.6 Å². The molecule has 2 aromatic heterocycles. The summed E-state index contributed by atoms with van der Waals surface area (Å²) in [6, 6.07) is 3.11. The van der Waals surface area contributed by atoms with Crippen molar-refractivity contribution in [3.8, 4) is 5.75 Å². The quantitative estimate of drug-likeness (QED) is 0.237. The van der Waals surface area contributed by atoms with Crippen LogP contribution in [0.3, 0.4) is 0 Å². The van der Waals surface area contributed by atoms with E-state index in [4.69, 9.17) is 20.1 Å². The van der Waals surface area contributed by atoms with Gasteiger partial charge in [-0.1, -0.05) is 0 Å². The van der Waals surface area contributed by atoms with Gasteiger partial charge < -0.3 is 30.7 Å². The molecule has 6 N–H and O–H groups in total. The minimum atomic E-state index is -3.45. The average Bonchev–Trinajstić information content (AvgIpc) is 3.58. The molecule has 4 rings (SSSR count). The molecule has 0 spiro atoms. The molecule has 0 aromatic carbocycles. The van der Waals surface area contributed by atoms with Gasteiger partial charge >= 0.3 is 6.10 Å². The van der Waals surface area contributed by atoms with E-state index in [9.17, 15) is 9.59 Å². The van der Waals surface area contributed by atoms with Crippen LogP contribution in [-0.4, -0.2) is 61.8 Å². The molecule has 2 heterocycles. The standard InChI is InChI=1S/C18H20N6O6S/c1-30-9-3-11(31-2)14(19-7-9)20-10-4-12(21-16(26)17-5-8(17)6-17)23-24-13(10)15(25)22-18(27,28)29/h3-4,7-8,27-29H,5-6H2,1-2H3,(H,22,25)(H2,19,20,21,23,26). The number of amides is 2. The van der Waals surface area contributed by atoms with Gasteiger partial charge in [-0.25, -0.2) is 4.98 Å². The van der Waals surface area contributed by atoms with Crippen LogP contribution in [0.4, 0.5) is 17.3 Å². The van der Waals surface area contributed by atoms with Crippen molar-refractivity contribution in [1.29, 1.82) is 0 Å². The third-order valence-electron chi connectivity index (χ3n) is 5.20. The molecule has 0 radical (unpaired) electrons. The predicted octanol–water partition coefficient (Wildman–Crippen LogP) is 0.0122. The number of rotatable bonds is 8. The maximum absolute atomic E-state index is 12.4. The third-order valence-corrected chi connectivity index (χ3v) is 5.95. The molecular weight excluding hydrogens is 428 g/mol. The van der Waals surface area contributed by atoms with Crippen LogP contribution in [0.5, 0.6) is 5.75 Å². The largest absolute Gasteiger partial charge is 0.495 e. The van der Waals surface area contributed by atoms with Crippen LogP contribution < -0.4 is 20.7 Å². The molecule has 2 aromatic rings. The highest BCUT2D eigenvalue weighted by atomic mass is 32.2. The van der Waals surface area contributed by atoms with Crippen LogP contribution in [0, 0.1) is 11.3 Å². The minimum absolute atomic E-state index is 0.0701. The minimum Gasteiger partial charge on any atom is -0.495 e. The average molecular weight is 448 g/mol. The number of methoxy groups -OCH3 is 1. The van der Waals surface area contributed by atoms with Crippen molar-refractivity contribution in [2.45, 2.75) is 23.8 Å². The lowest BCUT2D eigenvalue weighted by Crippen LogP contribution is -2.48. The predicted molar refractivity (Wildman–Crippen MR) is 109 cm³/mol. The summed E-state index contributed by atoms with van der Waals surface area (Å²) in [6.45, 7) is 0. The Balaban J connectivity index is 1.65. The number of pyridine rings is 1. The first-order valence-electron chi connectivity index (χ1n) is 9.19. The summed E-state index contributed by atoms with van der Waals surface area (Å²) >= 11 is 1.37. The summed E-state index contributed by atoms with van der Waals surface area (Å²) in [5.41, 5.74) is -0.585. The molecule has 164 valence electrons. The Bertz CT molecular complexity index is 1050. The topological polar surface area (TPSA) is 179 Å². The summed E-state index contributed by atoms with van der Waals surface area (Å²) in [6.07, 6.45) is 1.56. The second-order valence-electron chi connectivity index (χ2n) is 7.35. The zero-order valence-corrected chi connectivity index (χ0v) is 17.4. The van der Waals surface area contributed by atoms with Gasteiger partial charge in [0, 0.05) is 6.07 Å². The van der Waals surface area contributed by atoms with Crippen LogP contribution in [0.2, 0.25) is 0 Å². The van der Waals surface area contributed by atoms with Crippen LogP contribution in [0.15, 0.2) is 23.2 Å². The van der Waals surface area contributed by atoms with Gasteiger partial charge in [-0.05, 0) is 31.1 Å². The van der Waals surface area contributed by atoms with Crippen molar-refractivity contribution in [3.05, 3.63) is 24.0 Å². The molecule has 0 saturated heterocycles. The lowest BCUT2D eigenvalue weighted by molar-refractivity contribution is -0.323. The Morgan fingerprint density at radius 3 is 2.55 bits per heavy atom. The van der Waals surface area contributed by atoms with E-state index in [0.717, 1.165) is 12.8 Å². The van der Waals surface area contributed by atoms with Crippen LogP contribution in [-0.2, 0) is 4.79 Å². The number of aliphatic hydroxyl groups is 3. The van der Waals surface area contributed by atoms with Gasteiger partial charge in [-0.3, -0.25) is 14.9 Å². The number of hydrogen-bond donors (Lipinski definition) is 6. The molecule has 0 bridgehead atoms. The fraction of sp³-hybridized carbons (Fsp3) is 0.389. The van der Waals surface area contributed by atoms with Gasteiger partial charge in [0.25, 0.3) is 5.91 Å². The van der Waals surface area contributed by atoms with Gasteiger partial charge in [0.15, 0.2) is 11.5 Å². The first-order valence-corrected chi connectivity index (χ1v) is 10.4. The fourth-order valence-corrected chi connectivity index (χ4v) is 3.69. The maximum atomic E-state index is 12.4. The summed E-state index contributed by atoms with van der Waals surface area (Å²) < 4.78 is 5.16. The molecule has 2 amide bonds. The molecular formula is C18H20N6O6S. The summed E-state index contributed by atoms with van der Waals surface area (Å²) in [7, 11) is 1.51. The molecule has 31 heavy (non-hydrogen) atoms. The van der Waals surface area contributed by atoms with Gasteiger partial charge in [0.05, 0.1) is 29.3 Å². The number of thioether (sulfide) groups is 1. The summed E-state index contributed by atoms with van der Waals surface area (Å²) in [5, 5.41) is 42.0. The van der Waals surface area contributed by atoms with Crippen LogP contribution in [0.1, 0.15) is 23.3 Å². The second kappa shape index (κ2) is 7.60. The Morgan fingerprint density at radius 2 is 1.97 bits per heavy atom. The molecule has 2 aliphatic rings. The van der Waals surface area contributed by atoms with Crippen molar-refractivity contribution in [2.75, 3.05) is 24.0 Å². The number of anilines is 3. The Kier molecular flexibility index (Phi) is 5.21. The molecule has 13 heteroatoms. The second-order valence-corrected chi connectivity index (χ2v) is 8.20. The number of hydrogen-bond acceptors (Lipinski definition) is 11. The molecule has 2 fully saturated rings. The van der Waals surface area contributed by atoms with E-state index in [1.807, 2.05) is 6.26 Å². The normalized spacial score (nSPS) is 21.0. The number of aromatic nitrogens is 3. The Hall–Kier alpha value is -3.00. The highest BCUT2D eigenvalue weighted by molar-refractivity contribution is 7.98. The third kappa shape index (κ3) is 4.39. The number of nitrogens with one attached hydrogen (secondary N) is 3. The maximum Gasteiger partial charge on any atom is 0.369 e. The number of carbonyl (C=O) groups excluding carboxylic acids is 2. The molecule has 2 aliphatic carbocycles. The Labute approximate surface area is 180 Å². The number of ether oxygens (including phenoxy) is 1. The molecule has 12 nitrogen and oxygen atoms in total. The van der Waals surface area contributed by atoms with Crippen molar-refractivity contribution >= 4 is 40.9 Å². The number of fused-ring (bicyclic) bond motifs is 1. The van der Waals surface area contributed by atoms with E-state index in [1.54, 1.807) is 11.4 Å². The van der Waals surface area contributed by atoms with E-state index in [-0.39, 0.29) is 28.5 Å². The summed E-state index contributed by atoms with van der Waals surface area (Å²) in [5.74, 6) is 0.159. The van der Waals surface area contributed by atoms with Crippen molar-refractivity contribution in [1.82, 2.24) is 20.5 Å². The molecule has 0 aliphatic heterocycles. The van der Waals surface area contributed by atoms with Gasteiger partial charge in [-0.2, -0.15) is 0 Å². The highest BCUT2D eigenvalue weighted by Gasteiger charge is 2.74. The zero-order chi connectivity index (χ0) is 22.4. The first kappa shape index (κ1) is 21.2. The van der Waals surface area contributed by atoms with Crippen molar-refractivity contribution < 1.29 is 29.6 Å². The SMILES string of the molecule is COc1cnc(Nc2cc(NC(=O)C34CC3C4)nnc2C(=O)NC(O)(O)O)c(SC)c1. The molecule has 0 unspecified atom stereocenters. The lowest BCUT2D eigenvalue weighted by atomic mass is 10.2. The number of nitrogens with zero attached hydrogens (tertiary/aromatic N) is 3. The van der Waals surface area contributed by atoms with Gasteiger partial charge in [0.2, 0.25) is 5.91 Å². The van der Waals surface area contributed by atoms with Crippen LogP contribution in [0.25, 0.3) is 0 Å². The van der Waals surface area contributed by atoms with E-state index in [1.165, 1.54) is 31.1 Å². The summed E-state index contributed by atoms with van der Waals surface area (Å²) in [4.78, 5) is 29.7. The van der Waals surface area contributed by atoms with Crippen molar-refractivity contribution in [3.63, 3.8) is 0 Å². The highest BCUT2D eigenvalue weighted by Crippen LogP contribution is 2.75. The fourth-order valence-electron chi connectivity index (χ4n) is 3.16. The molecule has 0 atom stereocenters. The van der Waals surface area contributed by atoms with E-state index < -0.39 is 12.0 Å².